The molecular formula is C12H15ClN4O3. The molecule has 8 heteroatoms. The molecule has 0 radical (unpaired) electrons. The van der Waals surface area contributed by atoms with Crippen LogP contribution >= 0.6 is 11.6 Å². The Morgan fingerprint density at radius 2 is 2.05 bits per heavy atom. The quantitative estimate of drug-likeness (QED) is 0.915. The van der Waals surface area contributed by atoms with Crippen LogP contribution in [0.4, 0.5) is 0 Å². The monoisotopic (exact) mass is 298 g/mol. The highest BCUT2D eigenvalue weighted by Gasteiger charge is 2.26. The van der Waals surface area contributed by atoms with Crippen molar-refractivity contribution in [1.82, 2.24) is 19.7 Å². The van der Waals surface area contributed by atoms with Crippen LogP contribution in [0.25, 0.3) is 0 Å². The molecule has 0 aromatic carbocycles. The molecule has 0 aliphatic rings. The van der Waals surface area contributed by atoms with Gasteiger partial charge in [-0.2, -0.15) is 10.1 Å². The predicted octanol–water partition coefficient (Wildman–Crippen LogP) is 1.27. The summed E-state index contributed by atoms with van der Waals surface area (Å²) in [6, 6.07) is 0. The molecule has 0 aliphatic carbocycles. The van der Waals surface area contributed by atoms with Crippen molar-refractivity contribution in [2.24, 2.45) is 7.05 Å². The molecule has 1 unspecified atom stereocenters. The Labute approximate surface area is 121 Å². The highest BCUT2D eigenvalue weighted by atomic mass is 35.5. The molecular weight excluding hydrogens is 284 g/mol. The summed E-state index contributed by atoms with van der Waals surface area (Å²) in [6.07, 6.45) is 0.324. The van der Waals surface area contributed by atoms with Gasteiger partial charge in [-0.05, 0) is 6.92 Å². The molecule has 1 atom stereocenters. The number of aliphatic hydroxyl groups is 1. The standard InChI is InChI=1S/C12H15ClN4O3/c1-6-8(11(13)17(2)16-6)10(18)9-12(20-4)15-7(19-3)5-14-9/h5,10,18H,1-4H3. The summed E-state index contributed by atoms with van der Waals surface area (Å²) >= 11 is 6.14. The molecule has 20 heavy (non-hydrogen) atoms. The number of nitrogens with zero attached hydrogens (tertiary/aromatic N) is 4. The summed E-state index contributed by atoms with van der Waals surface area (Å²) in [4.78, 5) is 8.22. The average molecular weight is 299 g/mol. The molecule has 1 N–H and O–H groups in total. The Morgan fingerprint density at radius 1 is 1.35 bits per heavy atom. The van der Waals surface area contributed by atoms with E-state index >= 15 is 0 Å². The lowest BCUT2D eigenvalue weighted by Gasteiger charge is -2.13. The molecule has 7 nitrogen and oxygen atoms in total. The minimum absolute atomic E-state index is 0.177. The maximum absolute atomic E-state index is 10.5. The third-order valence-electron chi connectivity index (χ3n) is 2.88. The summed E-state index contributed by atoms with van der Waals surface area (Å²) in [5.41, 5.74) is 1.35. The van der Waals surface area contributed by atoms with E-state index in [0.29, 0.717) is 22.3 Å². The fraction of sp³-hybridized carbons (Fsp3) is 0.417. The van der Waals surface area contributed by atoms with Crippen molar-refractivity contribution in [1.29, 1.82) is 0 Å². The molecule has 2 aromatic rings. The van der Waals surface area contributed by atoms with E-state index in [1.54, 1.807) is 14.0 Å². The smallest absolute Gasteiger partial charge is 0.241 e. The zero-order valence-corrected chi connectivity index (χ0v) is 12.3. The number of hydrogen-bond acceptors (Lipinski definition) is 6. The van der Waals surface area contributed by atoms with Gasteiger partial charge in [0, 0.05) is 12.6 Å². The number of halogens is 1. The van der Waals surface area contributed by atoms with Gasteiger partial charge in [-0.3, -0.25) is 4.68 Å². The van der Waals surface area contributed by atoms with Gasteiger partial charge in [0.25, 0.3) is 0 Å². The van der Waals surface area contributed by atoms with Crippen molar-refractivity contribution in [3.8, 4) is 11.8 Å². The van der Waals surface area contributed by atoms with Gasteiger partial charge in [-0.1, -0.05) is 11.6 Å². The zero-order chi connectivity index (χ0) is 14.9. The first-order valence-corrected chi connectivity index (χ1v) is 6.19. The van der Waals surface area contributed by atoms with Crippen LogP contribution in [-0.4, -0.2) is 39.1 Å². The summed E-state index contributed by atoms with van der Waals surface area (Å²) < 4.78 is 11.6. The van der Waals surface area contributed by atoms with Gasteiger partial charge in [-0.25, -0.2) is 4.98 Å². The van der Waals surface area contributed by atoms with E-state index in [4.69, 9.17) is 21.1 Å². The molecule has 2 aromatic heterocycles. The number of methoxy groups -OCH3 is 2. The molecule has 0 amide bonds. The number of aromatic nitrogens is 4. The van der Waals surface area contributed by atoms with Gasteiger partial charge < -0.3 is 14.6 Å². The van der Waals surface area contributed by atoms with E-state index in [1.807, 2.05) is 0 Å². The minimum atomic E-state index is -1.08. The van der Waals surface area contributed by atoms with E-state index in [2.05, 4.69) is 15.1 Å². The number of aliphatic hydroxyl groups excluding tert-OH is 1. The lowest BCUT2D eigenvalue weighted by atomic mass is 10.1. The van der Waals surface area contributed by atoms with Gasteiger partial charge in [0.1, 0.15) is 17.0 Å². The molecule has 0 saturated carbocycles. The van der Waals surface area contributed by atoms with Crippen LogP contribution in [0.3, 0.4) is 0 Å². The van der Waals surface area contributed by atoms with Crippen molar-refractivity contribution in [3.05, 3.63) is 28.3 Å². The van der Waals surface area contributed by atoms with Crippen LogP contribution in [0.1, 0.15) is 23.1 Å². The Balaban J connectivity index is 2.50. The van der Waals surface area contributed by atoms with Crippen molar-refractivity contribution < 1.29 is 14.6 Å². The summed E-state index contributed by atoms with van der Waals surface area (Å²) in [5, 5.41) is 15.0. The molecule has 0 fully saturated rings. The number of ether oxygens (including phenoxy) is 2. The third kappa shape index (κ3) is 2.41. The van der Waals surface area contributed by atoms with Crippen LogP contribution in [0.5, 0.6) is 11.8 Å². The van der Waals surface area contributed by atoms with Gasteiger partial charge >= 0.3 is 0 Å². The maximum atomic E-state index is 10.5. The SMILES string of the molecule is COc1cnc(C(O)c2c(C)nn(C)c2Cl)c(OC)n1. The normalized spacial score (nSPS) is 12.3. The lowest BCUT2D eigenvalue weighted by molar-refractivity contribution is 0.206. The second-order valence-electron chi connectivity index (χ2n) is 4.12. The lowest BCUT2D eigenvalue weighted by Crippen LogP contribution is -2.08. The first-order valence-electron chi connectivity index (χ1n) is 5.81. The highest BCUT2D eigenvalue weighted by molar-refractivity contribution is 6.30. The predicted molar refractivity (Wildman–Crippen MR) is 72.2 cm³/mol. The summed E-state index contributed by atoms with van der Waals surface area (Å²) in [7, 11) is 4.61. The van der Waals surface area contributed by atoms with Gasteiger partial charge in [-0.15, -0.1) is 0 Å². The fourth-order valence-electron chi connectivity index (χ4n) is 1.90. The Bertz CT molecular complexity index is 629. The summed E-state index contributed by atoms with van der Waals surface area (Å²) in [5.74, 6) is 0.475. The van der Waals surface area contributed by atoms with Gasteiger partial charge in [0.05, 0.1) is 26.1 Å². The molecule has 108 valence electrons. The average Bonchev–Trinajstić information content (AvgIpc) is 2.70. The van der Waals surface area contributed by atoms with Gasteiger partial charge in [0.2, 0.25) is 11.8 Å². The Hall–Kier alpha value is -1.86. The van der Waals surface area contributed by atoms with Crippen LogP contribution < -0.4 is 9.47 Å². The minimum Gasteiger partial charge on any atom is -0.480 e. The van der Waals surface area contributed by atoms with E-state index in [0.717, 1.165) is 0 Å². The molecule has 2 heterocycles. The molecule has 0 saturated heterocycles. The van der Waals surface area contributed by atoms with Crippen molar-refractivity contribution >= 4 is 11.6 Å². The second kappa shape index (κ2) is 5.64. The fourth-order valence-corrected chi connectivity index (χ4v) is 2.17. The van der Waals surface area contributed by atoms with Crippen LogP contribution in [0, 0.1) is 6.92 Å². The van der Waals surface area contributed by atoms with Gasteiger partial charge in [0.15, 0.2) is 0 Å². The van der Waals surface area contributed by atoms with Crippen LogP contribution in [-0.2, 0) is 7.05 Å². The van der Waals surface area contributed by atoms with Crippen LogP contribution in [0.2, 0.25) is 5.15 Å². The topological polar surface area (TPSA) is 82.3 Å². The first kappa shape index (κ1) is 14.5. The highest BCUT2D eigenvalue weighted by Crippen LogP contribution is 2.33. The maximum Gasteiger partial charge on any atom is 0.241 e. The second-order valence-corrected chi connectivity index (χ2v) is 4.48. The number of aryl methyl sites for hydroxylation is 2. The van der Waals surface area contributed by atoms with E-state index in [-0.39, 0.29) is 11.6 Å². The largest absolute Gasteiger partial charge is 0.480 e. The molecule has 2 rings (SSSR count). The molecule has 0 aliphatic heterocycles. The third-order valence-corrected chi connectivity index (χ3v) is 3.32. The van der Waals surface area contributed by atoms with Crippen molar-refractivity contribution in [2.75, 3.05) is 14.2 Å². The van der Waals surface area contributed by atoms with Crippen LogP contribution in [0.15, 0.2) is 6.20 Å². The van der Waals surface area contributed by atoms with E-state index < -0.39 is 6.10 Å². The van der Waals surface area contributed by atoms with E-state index in [1.165, 1.54) is 25.1 Å². The number of hydrogen-bond donors (Lipinski definition) is 1. The molecule has 0 bridgehead atoms. The van der Waals surface area contributed by atoms with Crippen molar-refractivity contribution in [2.45, 2.75) is 13.0 Å². The molecule has 0 spiro atoms. The zero-order valence-electron chi connectivity index (χ0n) is 11.6. The van der Waals surface area contributed by atoms with E-state index in [9.17, 15) is 5.11 Å². The summed E-state index contributed by atoms with van der Waals surface area (Å²) in [6.45, 7) is 1.76. The Kier molecular flexibility index (Phi) is 4.10. The first-order chi connectivity index (χ1) is 9.49. The van der Waals surface area contributed by atoms with Crippen molar-refractivity contribution in [3.63, 3.8) is 0 Å². The number of rotatable bonds is 4. The Morgan fingerprint density at radius 3 is 2.55 bits per heavy atom.